The molecule has 146 valence electrons. The van der Waals surface area contributed by atoms with Gasteiger partial charge in [0.1, 0.15) is 0 Å². The van der Waals surface area contributed by atoms with Crippen LogP contribution < -0.4 is 0 Å². The lowest BCUT2D eigenvalue weighted by Gasteiger charge is -2.14. The van der Waals surface area contributed by atoms with Crippen LogP contribution in [0.4, 0.5) is 0 Å². The fraction of sp³-hybridized carbons (Fsp3) is 0. The molecule has 5 aromatic carbocycles. The summed E-state index contributed by atoms with van der Waals surface area (Å²) in [6.07, 6.45) is 0. The molecular formula is C30H21P. The van der Waals surface area contributed by atoms with Gasteiger partial charge >= 0.3 is 0 Å². The van der Waals surface area contributed by atoms with E-state index in [2.05, 4.69) is 127 Å². The summed E-state index contributed by atoms with van der Waals surface area (Å²) in [5, 5.41) is 9.50. The third-order valence-electron chi connectivity index (χ3n) is 6.03. The number of benzene rings is 5. The highest BCUT2D eigenvalue weighted by Crippen LogP contribution is 2.58. The molecule has 1 heteroatoms. The topological polar surface area (TPSA) is 0 Å². The van der Waals surface area contributed by atoms with Crippen molar-refractivity contribution in [1.29, 1.82) is 0 Å². The maximum Gasteiger partial charge on any atom is 0.00685 e. The fourth-order valence-electron chi connectivity index (χ4n) is 4.61. The Morgan fingerprint density at radius 2 is 0.806 bits per heavy atom. The first-order valence-electron chi connectivity index (χ1n) is 10.6. The number of hydrogen-bond acceptors (Lipinski definition) is 0. The van der Waals surface area contributed by atoms with Crippen LogP contribution in [0, 0.1) is 0 Å². The van der Waals surface area contributed by atoms with Crippen LogP contribution in [0.25, 0.3) is 48.6 Å². The molecule has 0 atom stereocenters. The highest BCUT2D eigenvalue weighted by atomic mass is 31.1. The van der Waals surface area contributed by atoms with Crippen LogP contribution >= 0.6 is 7.53 Å². The summed E-state index contributed by atoms with van der Waals surface area (Å²) in [6, 6.07) is 46.5. The zero-order chi connectivity index (χ0) is 20.6. The number of hydrogen-bond donors (Lipinski definition) is 0. The van der Waals surface area contributed by atoms with Gasteiger partial charge in [-0.05, 0) is 50.1 Å². The van der Waals surface area contributed by atoms with Gasteiger partial charge in [-0.2, -0.15) is 0 Å². The smallest absolute Gasteiger partial charge is 0.00685 e. The van der Waals surface area contributed by atoms with Crippen molar-refractivity contribution in [1.82, 2.24) is 0 Å². The van der Waals surface area contributed by atoms with Gasteiger partial charge in [0.25, 0.3) is 0 Å². The quantitative estimate of drug-likeness (QED) is 0.272. The van der Waals surface area contributed by atoms with Crippen molar-refractivity contribution in [3.8, 4) is 27.0 Å². The van der Waals surface area contributed by atoms with Crippen LogP contribution in [-0.4, -0.2) is 0 Å². The van der Waals surface area contributed by atoms with Gasteiger partial charge in [-0.3, -0.25) is 0 Å². The SMILES string of the molecule is c1ccc(-p2c(-c3cccc4ccccc34)ccc2-c2cccc3ccccc23)cc1. The molecule has 0 N–H and O–H groups in total. The van der Waals surface area contributed by atoms with Gasteiger partial charge in [0.05, 0.1) is 0 Å². The molecule has 0 aliphatic rings. The molecule has 0 saturated heterocycles. The zero-order valence-electron chi connectivity index (χ0n) is 17.1. The maximum absolute atomic E-state index is 2.36. The molecule has 6 aromatic rings. The summed E-state index contributed by atoms with van der Waals surface area (Å²) >= 11 is 0. The Labute approximate surface area is 183 Å². The van der Waals surface area contributed by atoms with Crippen LogP contribution in [-0.2, 0) is 0 Å². The highest BCUT2D eigenvalue weighted by Gasteiger charge is 2.17. The lowest BCUT2D eigenvalue weighted by molar-refractivity contribution is 1.73. The molecule has 0 bridgehead atoms. The second kappa shape index (κ2) is 7.58. The summed E-state index contributed by atoms with van der Waals surface area (Å²) in [5.74, 6) is 0. The van der Waals surface area contributed by atoms with Crippen LogP contribution in [0.15, 0.2) is 127 Å². The summed E-state index contributed by atoms with van der Waals surface area (Å²) in [4.78, 5) is 0. The van der Waals surface area contributed by atoms with Crippen molar-refractivity contribution in [2.24, 2.45) is 0 Å². The zero-order valence-corrected chi connectivity index (χ0v) is 18.0. The van der Waals surface area contributed by atoms with Gasteiger partial charge in [-0.15, -0.1) is 0 Å². The van der Waals surface area contributed by atoms with E-state index in [-0.39, 0.29) is 0 Å². The summed E-state index contributed by atoms with van der Waals surface area (Å²) in [7, 11) is -0.644. The Hall–Kier alpha value is -3.60. The molecule has 1 heterocycles. The molecule has 0 saturated carbocycles. The Morgan fingerprint density at radius 3 is 1.35 bits per heavy atom. The average Bonchev–Trinajstić information content (AvgIpc) is 3.28. The second-order valence-electron chi connectivity index (χ2n) is 7.83. The van der Waals surface area contributed by atoms with E-state index in [1.54, 1.807) is 0 Å². The summed E-state index contributed by atoms with van der Waals surface area (Å²) in [6.45, 7) is 0. The predicted octanol–water partition coefficient (Wildman–Crippen LogP) is 9.30. The normalized spacial score (nSPS) is 11.2. The molecule has 0 nitrogen and oxygen atoms in total. The Bertz CT molecular complexity index is 1420. The van der Waals surface area contributed by atoms with Crippen molar-refractivity contribution in [2.75, 3.05) is 0 Å². The minimum atomic E-state index is -0.644. The standard InChI is InChI=1S/C30H21P/c1-2-14-24(15-3-1)31-29(27-18-8-12-22-10-4-6-16-25(22)27)20-21-30(31)28-19-9-13-23-11-5-7-17-26(23)28/h1-21H. The third-order valence-corrected chi connectivity index (χ3v) is 8.58. The number of rotatable bonds is 3. The average molecular weight is 412 g/mol. The van der Waals surface area contributed by atoms with E-state index in [0.717, 1.165) is 0 Å². The van der Waals surface area contributed by atoms with Gasteiger partial charge in [0.2, 0.25) is 0 Å². The molecule has 0 fully saturated rings. The summed E-state index contributed by atoms with van der Waals surface area (Å²) in [5.41, 5.74) is 2.69. The molecule has 31 heavy (non-hydrogen) atoms. The largest absolute Gasteiger partial charge is 0.0772 e. The first kappa shape index (κ1) is 18.2. The van der Waals surface area contributed by atoms with E-state index < -0.39 is 7.53 Å². The van der Waals surface area contributed by atoms with Gasteiger partial charge in [0.15, 0.2) is 0 Å². The fourth-order valence-corrected chi connectivity index (χ4v) is 7.22. The van der Waals surface area contributed by atoms with Crippen molar-refractivity contribution in [3.63, 3.8) is 0 Å². The molecular weight excluding hydrogens is 391 g/mol. The minimum Gasteiger partial charge on any atom is -0.0772 e. The van der Waals surface area contributed by atoms with E-state index in [1.807, 2.05) is 0 Å². The summed E-state index contributed by atoms with van der Waals surface area (Å²) < 4.78 is 0. The van der Waals surface area contributed by atoms with Crippen LogP contribution in [0.5, 0.6) is 0 Å². The van der Waals surface area contributed by atoms with Crippen molar-refractivity contribution < 1.29 is 0 Å². The van der Waals surface area contributed by atoms with E-state index in [1.165, 1.54) is 48.6 Å². The number of fused-ring (bicyclic) bond motifs is 2. The maximum atomic E-state index is 2.36. The molecule has 0 aliphatic heterocycles. The molecule has 6 rings (SSSR count). The Balaban J connectivity index is 1.69. The molecule has 0 amide bonds. The Kier molecular flexibility index (Phi) is 4.45. The van der Waals surface area contributed by atoms with Gasteiger partial charge < -0.3 is 0 Å². The molecule has 1 aromatic heterocycles. The van der Waals surface area contributed by atoms with Crippen molar-refractivity contribution >= 4 is 29.1 Å². The van der Waals surface area contributed by atoms with Crippen LogP contribution in [0.1, 0.15) is 0 Å². The van der Waals surface area contributed by atoms with E-state index in [4.69, 9.17) is 0 Å². The van der Waals surface area contributed by atoms with E-state index in [9.17, 15) is 0 Å². The first-order valence-corrected chi connectivity index (χ1v) is 12.0. The van der Waals surface area contributed by atoms with E-state index >= 15 is 0 Å². The highest BCUT2D eigenvalue weighted by molar-refractivity contribution is 7.63. The predicted molar refractivity (Wildman–Crippen MR) is 136 cm³/mol. The van der Waals surface area contributed by atoms with Crippen molar-refractivity contribution in [3.05, 3.63) is 127 Å². The van der Waals surface area contributed by atoms with Gasteiger partial charge in [-0.1, -0.05) is 123 Å². The molecule has 0 aliphatic carbocycles. The van der Waals surface area contributed by atoms with Gasteiger partial charge in [0, 0.05) is 10.6 Å². The third kappa shape index (κ3) is 3.08. The first-order chi connectivity index (χ1) is 15.4. The Morgan fingerprint density at radius 1 is 0.355 bits per heavy atom. The second-order valence-corrected chi connectivity index (χ2v) is 9.98. The lowest BCUT2D eigenvalue weighted by atomic mass is 10.0. The van der Waals surface area contributed by atoms with Gasteiger partial charge in [-0.25, -0.2) is 0 Å². The molecule has 0 radical (unpaired) electrons. The van der Waals surface area contributed by atoms with E-state index in [0.29, 0.717) is 0 Å². The lowest BCUT2D eigenvalue weighted by Crippen LogP contribution is -1.80. The van der Waals surface area contributed by atoms with Crippen molar-refractivity contribution in [2.45, 2.75) is 0 Å². The molecule has 0 unspecified atom stereocenters. The van der Waals surface area contributed by atoms with Crippen LogP contribution in [0.2, 0.25) is 0 Å². The molecule has 0 spiro atoms. The monoisotopic (exact) mass is 412 g/mol. The minimum absolute atomic E-state index is 0.644. The van der Waals surface area contributed by atoms with Crippen LogP contribution in [0.3, 0.4) is 0 Å².